The van der Waals surface area contributed by atoms with E-state index < -0.39 is 10.0 Å². The molecule has 6 rings (SSSR count). The molecule has 3 aromatic carbocycles. The number of H-pyrrole nitrogens is 1. The second-order valence-electron chi connectivity index (χ2n) is 9.86. The van der Waals surface area contributed by atoms with E-state index in [1.165, 1.54) is 11.1 Å². The van der Waals surface area contributed by atoms with Crippen LogP contribution in [0.5, 0.6) is 0 Å². The van der Waals surface area contributed by atoms with Gasteiger partial charge < -0.3 is 9.88 Å². The maximum Gasteiger partial charge on any atom is 0.239 e. The molecule has 1 N–H and O–H groups in total. The van der Waals surface area contributed by atoms with Crippen LogP contribution in [-0.4, -0.2) is 57.1 Å². The molecule has 6 nitrogen and oxygen atoms in total. The van der Waals surface area contributed by atoms with E-state index >= 15 is 0 Å². The number of sulfonamides is 1. The lowest BCUT2D eigenvalue weighted by Crippen LogP contribution is -2.54. The van der Waals surface area contributed by atoms with Crippen molar-refractivity contribution in [1.29, 1.82) is 0 Å². The number of fused-ring (bicyclic) bond motifs is 2. The minimum Gasteiger partial charge on any atom is -0.368 e. The minimum atomic E-state index is -3.53. The molecule has 0 radical (unpaired) electrons. The number of nitrogens with one attached hydrogen (secondary N) is 1. The Hall–Kier alpha value is -3.29. The van der Waals surface area contributed by atoms with Gasteiger partial charge >= 0.3 is 0 Å². The van der Waals surface area contributed by atoms with E-state index in [1.807, 2.05) is 54.7 Å². The zero-order chi connectivity index (χ0) is 24.5. The average molecular weight is 501 g/mol. The topological polar surface area (TPSA) is 59.7 Å². The molecule has 2 aliphatic rings. The van der Waals surface area contributed by atoms with Gasteiger partial charge in [-0.2, -0.15) is 0 Å². The first-order valence-corrected chi connectivity index (χ1v) is 14.4. The van der Waals surface area contributed by atoms with Crippen molar-refractivity contribution in [3.8, 4) is 0 Å². The zero-order valence-corrected chi connectivity index (χ0v) is 21.2. The summed E-state index contributed by atoms with van der Waals surface area (Å²) in [5.41, 5.74) is 5.23. The van der Waals surface area contributed by atoms with Gasteiger partial charge in [-0.3, -0.25) is 9.21 Å². The molecule has 3 heterocycles. The van der Waals surface area contributed by atoms with Crippen molar-refractivity contribution < 1.29 is 8.42 Å². The molecule has 0 spiro atoms. The molecular formula is C29H32N4O2S. The number of para-hydroxylation sites is 1. The summed E-state index contributed by atoms with van der Waals surface area (Å²) in [5, 5.41) is 1.26. The quantitative estimate of drug-likeness (QED) is 0.419. The standard InChI is InChI=1S/C29H32N4O2S/c34-36(35,22-23-7-2-1-3-8-23)33-25(14-13-24-9-4-5-11-28(24)33)21-31-17-19-32(20-18-31)29-12-6-10-27-26(29)15-16-30-27/h1-12,15-16,25,30H,13-14,17-22H2. The van der Waals surface area contributed by atoms with Gasteiger partial charge in [-0.1, -0.05) is 54.6 Å². The lowest BCUT2D eigenvalue weighted by Gasteiger charge is -2.43. The van der Waals surface area contributed by atoms with Gasteiger partial charge in [-0.25, -0.2) is 8.42 Å². The summed E-state index contributed by atoms with van der Waals surface area (Å²) < 4.78 is 29.3. The van der Waals surface area contributed by atoms with Crippen LogP contribution in [0.3, 0.4) is 0 Å². The van der Waals surface area contributed by atoms with E-state index in [0.29, 0.717) is 0 Å². The van der Waals surface area contributed by atoms with Crippen molar-refractivity contribution in [3.05, 3.63) is 96.2 Å². The maximum atomic E-state index is 13.8. The van der Waals surface area contributed by atoms with Crippen molar-refractivity contribution in [3.63, 3.8) is 0 Å². The zero-order valence-electron chi connectivity index (χ0n) is 20.4. The van der Waals surface area contributed by atoms with Crippen molar-refractivity contribution in [2.24, 2.45) is 0 Å². The first kappa shape index (κ1) is 23.1. The fourth-order valence-corrected chi connectivity index (χ4v) is 7.64. The monoisotopic (exact) mass is 500 g/mol. The van der Waals surface area contributed by atoms with Crippen molar-refractivity contribution in [2.45, 2.75) is 24.6 Å². The number of aromatic nitrogens is 1. The highest BCUT2D eigenvalue weighted by Gasteiger charge is 2.36. The largest absolute Gasteiger partial charge is 0.368 e. The van der Waals surface area contributed by atoms with Gasteiger partial charge in [-0.05, 0) is 48.2 Å². The van der Waals surface area contributed by atoms with Gasteiger partial charge in [0.25, 0.3) is 0 Å². The van der Waals surface area contributed by atoms with Crippen LogP contribution in [0, 0.1) is 0 Å². The molecule has 1 unspecified atom stereocenters. The predicted octanol–water partition coefficient (Wildman–Crippen LogP) is 4.64. The van der Waals surface area contributed by atoms with Gasteiger partial charge in [0.2, 0.25) is 10.0 Å². The number of hydrogen-bond donors (Lipinski definition) is 1. The molecule has 0 saturated carbocycles. The van der Waals surface area contributed by atoms with E-state index in [4.69, 9.17) is 0 Å². The van der Waals surface area contributed by atoms with Gasteiger partial charge in [-0.15, -0.1) is 0 Å². The second kappa shape index (κ2) is 9.64. The van der Waals surface area contributed by atoms with Crippen LogP contribution in [-0.2, 0) is 22.2 Å². The third kappa shape index (κ3) is 4.49. The summed E-state index contributed by atoms with van der Waals surface area (Å²) in [6, 6.07) is 26.0. The summed E-state index contributed by atoms with van der Waals surface area (Å²) in [7, 11) is -3.53. The highest BCUT2D eigenvalue weighted by molar-refractivity contribution is 7.92. The minimum absolute atomic E-state index is 0.0210. The smallest absolute Gasteiger partial charge is 0.239 e. The predicted molar refractivity (Wildman–Crippen MR) is 147 cm³/mol. The summed E-state index contributed by atoms with van der Waals surface area (Å²) in [6.07, 6.45) is 3.75. The molecule has 36 heavy (non-hydrogen) atoms. The van der Waals surface area contributed by atoms with Crippen LogP contribution in [0.15, 0.2) is 85.1 Å². The molecule has 1 atom stereocenters. The highest BCUT2D eigenvalue weighted by Crippen LogP contribution is 2.35. The summed E-state index contributed by atoms with van der Waals surface area (Å²) >= 11 is 0. The van der Waals surface area contributed by atoms with Crippen LogP contribution in [0.4, 0.5) is 11.4 Å². The van der Waals surface area contributed by atoms with Gasteiger partial charge in [0.1, 0.15) is 0 Å². The molecule has 1 saturated heterocycles. The SMILES string of the molecule is O=S(=O)(Cc1ccccc1)N1c2ccccc2CCC1CN1CCN(c2cccc3[nH]ccc23)CC1. The molecule has 4 aromatic rings. The molecule has 0 aliphatic carbocycles. The molecule has 1 aromatic heterocycles. The number of hydrogen-bond acceptors (Lipinski definition) is 4. The number of anilines is 2. The van der Waals surface area contributed by atoms with Crippen molar-refractivity contribution >= 4 is 32.3 Å². The fourth-order valence-electron chi connectivity index (χ4n) is 5.78. The van der Waals surface area contributed by atoms with E-state index in [0.717, 1.165) is 67.9 Å². The number of aromatic amines is 1. The van der Waals surface area contributed by atoms with Gasteiger partial charge in [0, 0.05) is 55.5 Å². The van der Waals surface area contributed by atoms with Crippen LogP contribution in [0.1, 0.15) is 17.5 Å². The third-order valence-corrected chi connectivity index (χ3v) is 9.35. The molecule has 0 amide bonds. The lowest BCUT2D eigenvalue weighted by molar-refractivity contribution is 0.238. The Morgan fingerprint density at radius 1 is 0.806 bits per heavy atom. The Morgan fingerprint density at radius 3 is 2.39 bits per heavy atom. The Balaban J connectivity index is 1.20. The van der Waals surface area contributed by atoms with E-state index in [-0.39, 0.29) is 11.8 Å². The number of aryl methyl sites for hydroxylation is 1. The Morgan fingerprint density at radius 2 is 1.56 bits per heavy atom. The molecule has 186 valence electrons. The molecular weight excluding hydrogens is 468 g/mol. The van der Waals surface area contributed by atoms with E-state index in [9.17, 15) is 8.42 Å². The molecule has 1 fully saturated rings. The van der Waals surface area contributed by atoms with E-state index in [1.54, 1.807) is 4.31 Å². The first-order valence-electron chi connectivity index (χ1n) is 12.8. The number of nitrogens with zero attached hydrogens (tertiary/aromatic N) is 3. The maximum absolute atomic E-state index is 13.8. The van der Waals surface area contributed by atoms with Crippen LogP contribution >= 0.6 is 0 Å². The summed E-state index contributed by atoms with van der Waals surface area (Å²) in [4.78, 5) is 8.20. The molecule has 0 bridgehead atoms. The average Bonchev–Trinajstić information content (AvgIpc) is 3.38. The van der Waals surface area contributed by atoms with Crippen LogP contribution in [0.2, 0.25) is 0 Å². The number of piperazine rings is 1. The fraction of sp³-hybridized carbons (Fsp3) is 0.310. The van der Waals surface area contributed by atoms with E-state index in [2.05, 4.69) is 45.1 Å². The summed E-state index contributed by atoms with van der Waals surface area (Å²) in [6.45, 7) is 4.47. The van der Waals surface area contributed by atoms with Crippen LogP contribution in [0.25, 0.3) is 10.9 Å². The van der Waals surface area contributed by atoms with Gasteiger partial charge in [0.15, 0.2) is 0 Å². The van der Waals surface area contributed by atoms with Crippen LogP contribution < -0.4 is 9.21 Å². The molecule has 2 aliphatic heterocycles. The van der Waals surface area contributed by atoms with Crippen molar-refractivity contribution in [1.82, 2.24) is 9.88 Å². The number of rotatable bonds is 6. The van der Waals surface area contributed by atoms with Crippen molar-refractivity contribution in [2.75, 3.05) is 41.9 Å². The third-order valence-electron chi connectivity index (χ3n) is 7.55. The Labute approximate surface area is 213 Å². The normalized spacial score (nSPS) is 18.9. The highest BCUT2D eigenvalue weighted by atomic mass is 32.2. The van der Waals surface area contributed by atoms with Gasteiger partial charge in [0.05, 0.1) is 17.5 Å². The second-order valence-corrected chi connectivity index (χ2v) is 11.7. The Kier molecular flexibility index (Phi) is 6.19. The Bertz CT molecular complexity index is 1440. The number of benzene rings is 3. The summed E-state index contributed by atoms with van der Waals surface area (Å²) in [5.74, 6) is 0.0210. The lowest BCUT2D eigenvalue weighted by atomic mass is 9.97. The molecule has 7 heteroatoms. The first-order chi connectivity index (χ1) is 17.6.